The normalized spacial score (nSPS) is 12.3. The van der Waals surface area contributed by atoms with E-state index in [1.54, 1.807) is 49.4 Å². The number of rotatable bonds is 8. The maximum absolute atomic E-state index is 13.6. The van der Waals surface area contributed by atoms with Crippen LogP contribution in [0.15, 0.2) is 71.6 Å². The average molecular weight is 485 g/mol. The van der Waals surface area contributed by atoms with Crippen molar-refractivity contribution in [3.63, 3.8) is 0 Å². The number of carbonyl (C=O) groups excluding carboxylic acids is 1. The van der Waals surface area contributed by atoms with E-state index in [0.717, 1.165) is 21.0 Å². The zero-order valence-corrected chi connectivity index (χ0v) is 20.9. The molecule has 0 spiro atoms. The molecule has 1 atom stereocenters. The summed E-state index contributed by atoms with van der Waals surface area (Å²) >= 11 is 6.10. The molecule has 3 aromatic carbocycles. The molecule has 3 rings (SSSR count). The molecule has 0 fully saturated rings. The number of nitrogens with one attached hydrogen (secondary N) is 1. The van der Waals surface area contributed by atoms with Crippen molar-refractivity contribution in [2.75, 3.05) is 10.8 Å². The van der Waals surface area contributed by atoms with Crippen molar-refractivity contribution in [3.8, 4) is 0 Å². The van der Waals surface area contributed by atoms with Crippen LogP contribution < -0.4 is 9.62 Å². The molecule has 3 aromatic rings. The lowest BCUT2D eigenvalue weighted by molar-refractivity contribution is -0.120. The Kier molecular flexibility index (Phi) is 7.82. The molecule has 0 radical (unpaired) electrons. The lowest BCUT2D eigenvalue weighted by atomic mass is 10.0. The Labute approximate surface area is 201 Å². The van der Waals surface area contributed by atoms with Crippen molar-refractivity contribution in [2.24, 2.45) is 0 Å². The number of nitrogens with zero attached hydrogens (tertiary/aromatic N) is 1. The van der Waals surface area contributed by atoms with Crippen LogP contribution in [0.25, 0.3) is 0 Å². The van der Waals surface area contributed by atoms with E-state index in [-0.39, 0.29) is 23.4 Å². The third-order valence-electron chi connectivity index (χ3n) is 5.55. The highest BCUT2D eigenvalue weighted by atomic mass is 35.5. The van der Waals surface area contributed by atoms with Crippen LogP contribution in [0.1, 0.15) is 41.6 Å². The molecule has 0 aromatic heterocycles. The molecule has 0 unspecified atom stereocenters. The molecule has 5 nitrogen and oxygen atoms in total. The average Bonchev–Trinajstić information content (AvgIpc) is 2.77. The van der Waals surface area contributed by atoms with Crippen molar-refractivity contribution in [2.45, 2.75) is 45.1 Å². The van der Waals surface area contributed by atoms with Crippen molar-refractivity contribution in [1.29, 1.82) is 0 Å². The van der Waals surface area contributed by atoms with Crippen LogP contribution in [0.4, 0.5) is 5.69 Å². The molecule has 0 bridgehead atoms. The first-order valence-electron chi connectivity index (χ1n) is 10.8. The highest BCUT2D eigenvalue weighted by molar-refractivity contribution is 7.92. The molecule has 0 saturated heterocycles. The van der Waals surface area contributed by atoms with Crippen LogP contribution in [0.3, 0.4) is 0 Å². The highest BCUT2D eigenvalue weighted by Crippen LogP contribution is 2.29. The zero-order valence-electron chi connectivity index (χ0n) is 19.3. The van der Waals surface area contributed by atoms with E-state index in [2.05, 4.69) is 5.32 Å². The summed E-state index contributed by atoms with van der Waals surface area (Å²) in [6, 6.07) is 19.3. The van der Waals surface area contributed by atoms with Crippen LogP contribution in [-0.4, -0.2) is 20.9 Å². The summed E-state index contributed by atoms with van der Waals surface area (Å²) in [5, 5.41) is 3.49. The summed E-state index contributed by atoms with van der Waals surface area (Å²) in [5.74, 6) is -0.382. The van der Waals surface area contributed by atoms with Crippen molar-refractivity contribution < 1.29 is 13.2 Å². The SMILES string of the molecule is CC[C@@H](NC(=O)CN(c1ccc(Cl)cc1C)S(=O)(=O)c1ccc(C)cc1)c1ccc(C)cc1. The molecule has 0 aliphatic heterocycles. The van der Waals surface area contributed by atoms with Gasteiger partial charge >= 0.3 is 0 Å². The largest absolute Gasteiger partial charge is 0.348 e. The molecular formula is C26H29ClN2O3S. The van der Waals surface area contributed by atoms with Crippen LogP contribution in [0.5, 0.6) is 0 Å². The number of aryl methyl sites for hydroxylation is 3. The second kappa shape index (κ2) is 10.4. The van der Waals surface area contributed by atoms with Gasteiger partial charge in [-0.15, -0.1) is 0 Å². The summed E-state index contributed by atoms with van der Waals surface area (Å²) in [6.45, 7) is 7.31. The van der Waals surface area contributed by atoms with Gasteiger partial charge in [0.15, 0.2) is 0 Å². The molecular weight excluding hydrogens is 456 g/mol. The van der Waals surface area contributed by atoms with Gasteiger partial charge in [-0.05, 0) is 68.7 Å². The molecule has 7 heteroatoms. The van der Waals surface area contributed by atoms with Gasteiger partial charge in [-0.1, -0.05) is 66.0 Å². The molecule has 0 heterocycles. The number of carbonyl (C=O) groups is 1. The van der Waals surface area contributed by atoms with E-state index >= 15 is 0 Å². The fraction of sp³-hybridized carbons (Fsp3) is 0.269. The first kappa shape index (κ1) is 24.8. The summed E-state index contributed by atoms with van der Waals surface area (Å²) in [5.41, 5.74) is 4.14. The van der Waals surface area contributed by atoms with E-state index in [9.17, 15) is 13.2 Å². The zero-order chi connectivity index (χ0) is 24.2. The summed E-state index contributed by atoms with van der Waals surface area (Å²) in [6.07, 6.45) is 0.680. The Morgan fingerprint density at radius 2 is 1.52 bits per heavy atom. The lowest BCUT2D eigenvalue weighted by Crippen LogP contribution is -2.42. The Hall–Kier alpha value is -2.83. The van der Waals surface area contributed by atoms with E-state index in [1.165, 1.54) is 0 Å². The van der Waals surface area contributed by atoms with Gasteiger partial charge in [0.2, 0.25) is 5.91 Å². The standard InChI is InChI=1S/C26H29ClN2O3S/c1-5-24(21-10-6-18(2)7-11-21)28-26(30)17-29(25-15-12-22(27)16-20(25)4)33(31,32)23-13-8-19(3)9-14-23/h6-16,24H,5,17H2,1-4H3,(H,28,30)/t24-/m1/s1. The number of amides is 1. The fourth-order valence-electron chi connectivity index (χ4n) is 3.63. The molecule has 1 amide bonds. The molecule has 33 heavy (non-hydrogen) atoms. The van der Waals surface area contributed by atoms with Gasteiger partial charge in [0, 0.05) is 5.02 Å². The van der Waals surface area contributed by atoms with Gasteiger partial charge in [-0.2, -0.15) is 0 Å². The molecule has 1 N–H and O–H groups in total. The van der Waals surface area contributed by atoms with Gasteiger partial charge in [0.05, 0.1) is 16.6 Å². The minimum Gasteiger partial charge on any atom is -0.348 e. The second-order valence-electron chi connectivity index (χ2n) is 8.19. The quantitative estimate of drug-likeness (QED) is 0.444. The lowest BCUT2D eigenvalue weighted by Gasteiger charge is -2.27. The summed E-state index contributed by atoms with van der Waals surface area (Å²) < 4.78 is 28.3. The number of hydrogen-bond acceptors (Lipinski definition) is 3. The Morgan fingerprint density at radius 3 is 2.06 bits per heavy atom. The Balaban J connectivity index is 1.94. The van der Waals surface area contributed by atoms with Gasteiger partial charge in [0.1, 0.15) is 6.54 Å². The monoisotopic (exact) mass is 484 g/mol. The maximum Gasteiger partial charge on any atom is 0.264 e. The highest BCUT2D eigenvalue weighted by Gasteiger charge is 2.29. The summed E-state index contributed by atoms with van der Waals surface area (Å²) in [4.78, 5) is 13.2. The van der Waals surface area contributed by atoms with E-state index in [0.29, 0.717) is 22.7 Å². The van der Waals surface area contributed by atoms with E-state index < -0.39 is 10.0 Å². The third-order valence-corrected chi connectivity index (χ3v) is 7.56. The van der Waals surface area contributed by atoms with Crippen molar-refractivity contribution in [1.82, 2.24) is 5.32 Å². The van der Waals surface area contributed by atoms with Crippen molar-refractivity contribution in [3.05, 3.63) is 94.0 Å². The van der Waals surface area contributed by atoms with Gasteiger partial charge in [-0.3, -0.25) is 9.10 Å². The molecule has 0 aliphatic rings. The van der Waals surface area contributed by atoms with Crippen LogP contribution in [0.2, 0.25) is 5.02 Å². The maximum atomic E-state index is 13.6. The predicted molar refractivity (Wildman–Crippen MR) is 134 cm³/mol. The molecule has 174 valence electrons. The third kappa shape index (κ3) is 5.95. The number of hydrogen-bond donors (Lipinski definition) is 1. The van der Waals surface area contributed by atoms with E-state index in [1.807, 2.05) is 45.0 Å². The minimum atomic E-state index is -3.98. The smallest absolute Gasteiger partial charge is 0.264 e. The molecule has 0 saturated carbocycles. The number of anilines is 1. The van der Waals surface area contributed by atoms with Crippen LogP contribution in [-0.2, 0) is 14.8 Å². The van der Waals surface area contributed by atoms with Crippen LogP contribution >= 0.6 is 11.6 Å². The number of halogens is 1. The minimum absolute atomic E-state index is 0.126. The Morgan fingerprint density at radius 1 is 0.939 bits per heavy atom. The first-order chi connectivity index (χ1) is 15.6. The fourth-order valence-corrected chi connectivity index (χ4v) is 5.34. The molecule has 0 aliphatic carbocycles. The van der Waals surface area contributed by atoms with E-state index in [4.69, 9.17) is 11.6 Å². The Bertz CT molecular complexity index is 1220. The van der Waals surface area contributed by atoms with Gasteiger partial charge in [-0.25, -0.2) is 8.42 Å². The van der Waals surface area contributed by atoms with Gasteiger partial charge < -0.3 is 5.32 Å². The van der Waals surface area contributed by atoms with Gasteiger partial charge in [0.25, 0.3) is 10.0 Å². The predicted octanol–water partition coefficient (Wildman–Crippen LogP) is 5.73. The van der Waals surface area contributed by atoms with Crippen LogP contribution in [0, 0.1) is 20.8 Å². The topological polar surface area (TPSA) is 66.5 Å². The first-order valence-corrected chi connectivity index (χ1v) is 12.6. The number of benzene rings is 3. The number of sulfonamides is 1. The summed E-state index contributed by atoms with van der Waals surface area (Å²) in [7, 11) is -3.98. The van der Waals surface area contributed by atoms with Crippen molar-refractivity contribution >= 4 is 33.2 Å². The second-order valence-corrected chi connectivity index (χ2v) is 10.5.